The van der Waals surface area contributed by atoms with Gasteiger partial charge in [-0.3, -0.25) is 19.4 Å². The normalized spacial score (nSPS) is 10.8. The number of carbonyl (C=O) groups excluding carboxylic acids is 2. The maximum atomic E-state index is 12.3. The Morgan fingerprint density at radius 3 is 2.71 bits per heavy atom. The third-order valence-corrected chi connectivity index (χ3v) is 4.67. The van der Waals surface area contributed by atoms with E-state index in [1.807, 2.05) is 26.0 Å². The molecule has 28 heavy (non-hydrogen) atoms. The number of amides is 1. The van der Waals surface area contributed by atoms with Crippen LogP contribution in [0.25, 0.3) is 10.9 Å². The average Bonchev–Trinajstić information content (AvgIpc) is 2.67. The third-order valence-electron chi connectivity index (χ3n) is 4.67. The molecule has 1 aromatic carbocycles. The van der Waals surface area contributed by atoms with Gasteiger partial charge in [0.15, 0.2) is 5.78 Å². The topological polar surface area (TPSA) is 91.9 Å². The fraction of sp³-hybridized carbons (Fsp3) is 0.273. The molecule has 2 aromatic heterocycles. The van der Waals surface area contributed by atoms with Gasteiger partial charge in [-0.15, -0.1) is 0 Å². The number of carbonyl (C=O) groups is 2. The van der Waals surface area contributed by atoms with Gasteiger partial charge in [0.1, 0.15) is 0 Å². The summed E-state index contributed by atoms with van der Waals surface area (Å²) >= 11 is 0. The van der Waals surface area contributed by atoms with Crippen LogP contribution in [0.5, 0.6) is 0 Å². The zero-order valence-corrected chi connectivity index (χ0v) is 16.0. The highest BCUT2D eigenvalue weighted by Crippen LogP contribution is 2.18. The minimum absolute atomic E-state index is 0.111. The van der Waals surface area contributed by atoms with Gasteiger partial charge in [-0.05, 0) is 55.7 Å². The first kappa shape index (κ1) is 19.5. The van der Waals surface area contributed by atoms with Crippen LogP contribution in [0.4, 0.5) is 0 Å². The molecule has 6 nitrogen and oxygen atoms in total. The lowest BCUT2D eigenvalue weighted by Gasteiger charge is -2.08. The second-order valence-corrected chi connectivity index (χ2v) is 6.93. The van der Waals surface area contributed by atoms with Crippen molar-refractivity contribution in [1.29, 1.82) is 0 Å². The van der Waals surface area contributed by atoms with Crippen LogP contribution in [-0.2, 0) is 11.2 Å². The van der Waals surface area contributed by atoms with Gasteiger partial charge in [-0.25, -0.2) is 0 Å². The minimum Gasteiger partial charge on any atom is -0.356 e. The number of rotatable bonds is 7. The van der Waals surface area contributed by atoms with Crippen molar-refractivity contribution in [3.8, 4) is 0 Å². The molecule has 0 saturated heterocycles. The van der Waals surface area contributed by atoms with E-state index in [2.05, 4.69) is 21.4 Å². The number of Topliss-reactive ketones (excluding diaryl/α,β-unsaturated/α-hetero) is 1. The van der Waals surface area contributed by atoms with Crippen molar-refractivity contribution in [3.63, 3.8) is 0 Å². The Morgan fingerprint density at radius 2 is 1.96 bits per heavy atom. The highest BCUT2D eigenvalue weighted by atomic mass is 16.2. The highest BCUT2D eigenvalue weighted by Gasteiger charge is 2.10. The maximum absolute atomic E-state index is 12.3. The molecule has 0 atom stereocenters. The number of hydrogen-bond donors (Lipinski definition) is 2. The number of aromatic amines is 1. The highest BCUT2D eigenvalue weighted by molar-refractivity contribution is 5.97. The quantitative estimate of drug-likeness (QED) is 0.619. The van der Waals surface area contributed by atoms with Gasteiger partial charge < -0.3 is 10.3 Å². The van der Waals surface area contributed by atoms with E-state index in [0.29, 0.717) is 24.1 Å². The first-order valence-electron chi connectivity index (χ1n) is 9.27. The molecular weight excluding hydrogens is 354 g/mol. The third kappa shape index (κ3) is 4.71. The minimum atomic E-state index is -0.207. The molecule has 0 bridgehead atoms. The maximum Gasteiger partial charge on any atom is 0.251 e. The molecule has 0 aliphatic carbocycles. The van der Waals surface area contributed by atoms with Gasteiger partial charge >= 0.3 is 0 Å². The van der Waals surface area contributed by atoms with Gasteiger partial charge in [0, 0.05) is 53.8 Å². The lowest BCUT2D eigenvalue weighted by Crippen LogP contribution is -2.27. The Kier molecular flexibility index (Phi) is 5.99. The summed E-state index contributed by atoms with van der Waals surface area (Å²) in [5.41, 5.74) is 4.02. The van der Waals surface area contributed by atoms with E-state index in [-0.39, 0.29) is 30.1 Å². The standard InChI is InChI=1S/C22H23N3O3/c1-14-10-15(2)18-12-16(22(28)25-19(18)11-14)7-9-24-21(27)6-5-20(26)17-4-3-8-23-13-17/h3-4,8,10-13H,5-7,9H2,1-2H3,(H,24,27)(H,25,28). The number of nitrogens with zero attached hydrogens (tertiary/aromatic N) is 1. The predicted octanol–water partition coefficient (Wildman–Crippen LogP) is 2.86. The SMILES string of the molecule is Cc1cc(C)c2cc(CCNC(=O)CCC(=O)c3cccnc3)c(=O)[nH]c2c1. The summed E-state index contributed by atoms with van der Waals surface area (Å²) in [7, 11) is 0. The lowest BCUT2D eigenvalue weighted by molar-refractivity contribution is -0.121. The second kappa shape index (κ2) is 8.61. The fourth-order valence-electron chi connectivity index (χ4n) is 3.23. The molecule has 0 saturated carbocycles. The number of fused-ring (bicyclic) bond motifs is 1. The van der Waals surface area contributed by atoms with Gasteiger partial charge in [0.05, 0.1) is 0 Å². The van der Waals surface area contributed by atoms with Crippen LogP contribution in [0.15, 0.2) is 47.5 Å². The van der Waals surface area contributed by atoms with Crippen molar-refractivity contribution in [1.82, 2.24) is 15.3 Å². The van der Waals surface area contributed by atoms with E-state index in [9.17, 15) is 14.4 Å². The van der Waals surface area contributed by atoms with E-state index >= 15 is 0 Å². The molecule has 3 aromatic rings. The van der Waals surface area contributed by atoms with E-state index in [1.165, 1.54) is 6.20 Å². The van der Waals surface area contributed by atoms with Crippen LogP contribution >= 0.6 is 0 Å². The monoisotopic (exact) mass is 377 g/mol. The zero-order chi connectivity index (χ0) is 20.1. The summed E-state index contributed by atoms with van der Waals surface area (Å²) in [4.78, 5) is 43.1. The average molecular weight is 377 g/mol. The van der Waals surface area contributed by atoms with Gasteiger partial charge in [0.25, 0.3) is 5.56 Å². The molecule has 2 heterocycles. The lowest BCUT2D eigenvalue weighted by atomic mass is 10.0. The number of nitrogens with one attached hydrogen (secondary N) is 2. The number of hydrogen-bond acceptors (Lipinski definition) is 4. The van der Waals surface area contributed by atoms with Crippen LogP contribution in [-0.4, -0.2) is 28.2 Å². The Morgan fingerprint density at radius 1 is 1.14 bits per heavy atom. The van der Waals surface area contributed by atoms with E-state index in [0.717, 1.165) is 22.0 Å². The molecular formula is C22H23N3O3. The number of benzene rings is 1. The summed E-state index contributed by atoms with van der Waals surface area (Å²) in [6.45, 7) is 4.35. The second-order valence-electron chi connectivity index (χ2n) is 6.93. The summed E-state index contributed by atoms with van der Waals surface area (Å²) in [6, 6.07) is 9.29. The zero-order valence-electron chi connectivity index (χ0n) is 16.0. The number of aryl methyl sites for hydroxylation is 2. The molecule has 0 fully saturated rings. The molecule has 2 N–H and O–H groups in total. The predicted molar refractivity (Wildman–Crippen MR) is 109 cm³/mol. The molecule has 0 unspecified atom stereocenters. The summed E-state index contributed by atoms with van der Waals surface area (Å²) in [6.07, 6.45) is 3.77. The summed E-state index contributed by atoms with van der Waals surface area (Å²) in [5, 5.41) is 3.79. The smallest absolute Gasteiger partial charge is 0.251 e. The molecule has 6 heteroatoms. The van der Waals surface area contributed by atoms with E-state index in [4.69, 9.17) is 0 Å². The summed E-state index contributed by atoms with van der Waals surface area (Å²) < 4.78 is 0. The molecule has 1 amide bonds. The first-order chi connectivity index (χ1) is 13.4. The Balaban J connectivity index is 1.54. The first-order valence-corrected chi connectivity index (χ1v) is 9.27. The molecule has 0 aliphatic heterocycles. The van der Waals surface area contributed by atoms with Gasteiger partial charge in [-0.1, -0.05) is 6.07 Å². The van der Waals surface area contributed by atoms with Gasteiger partial charge in [0.2, 0.25) is 5.91 Å². The van der Waals surface area contributed by atoms with Crippen LogP contribution in [0, 0.1) is 13.8 Å². The van der Waals surface area contributed by atoms with Crippen LogP contribution in [0.3, 0.4) is 0 Å². The van der Waals surface area contributed by atoms with Crippen LogP contribution < -0.4 is 10.9 Å². The number of aromatic nitrogens is 2. The molecule has 3 rings (SSSR count). The largest absolute Gasteiger partial charge is 0.356 e. The van der Waals surface area contributed by atoms with E-state index in [1.54, 1.807) is 18.3 Å². The van der Waals surface area contributed by atoms with Crippen LogP contribution in [0.1, 0.15) is 39.9 Å². The summed E-state index contributed by atoms with van der Waals surface area (Å²) in [5.74, 6) is -0.318. The van der Waals surface area contributed by atoms with Crippen molar-refractivity contribution < 1.29 is 9.59 Å². The number of ketones is 1. The fourth-order valence-corrected chi connectivity index (χ4v) is 3.23. The van der Waals surface area contributed by atoms with Crippen molar-refractivity contribution in [2.45, 2.75) is 33.1 Å². The van der Waals surface area contributed by atoms with Crippen LogP contribution in [0.2, 0.25) is 0 Å². The van der Waals surface area contributed by atoms with Crippen molar-refractivity contribution >= 4 is 22.6 Å². The Bertz CT molecular complexity index is 1070. The van der Waals surface area contributed by atoms with Crippen molar-refractivity contribution in [3.05, 3.63) is 75.3 Å². The number of H-pyrrole nitrogens is 1. The molecule has 0 radical (unpaired) electrons. The molecule has 144 valence electrons. The van der Waals surface area contributed by atoms with Crippen molar-refractivity contribution in [2.75, 3.05) is 6.54 Å². The van der Waals surface area contributed by atoms with E-state index < -0.39 is 0 Å². The Labute approximate surface area is 163 Å². The molecule has 0 spiro atoms. The Hall–Kier alpha value is -3.28. The molecule has 0 aliphatic rings. The number of pyridine rings is 2. The van der Waals surface area contributed by atoms with Gasteiger partial charge in [-0.2, -0.15) is 0 Å². The van der Waals surface area contributed by atoms with Crippen molar-refractivity contribution in [2.24, 2.45) is 0 Å².